The smallest absolute Gasteiger partial charge is 0.462 e. The van der Waals surface area contributed by atoms with Gasteiger partial charge in [-0.1, -0.05) is 261 Å². The van der Waals surface area contributed by atoms with E-state index in [2.05, 4.69) is 55.4 Å². The number of rotatable bonds is 62. The number of carbonyl (C=O) groups is 4. The van der Waals surface area contributed by atoms with E-state index < -0.39 is 97.5 Å². The van der Waals surface area contributed by atoms with Gasteiger partial charge < -0.3 is 33.8 Å². The predicted molar refractivity (Wildman–Crippen MR) is 335 cm³/mol. The molecule has 0 bridgehead atoms. The van der Waals surface area contributed by atoms with Crippen molar-refractivity contribution >= 4 is 39.5 Å². The van der Waals surface area contributed by atoms with E-state index in [-0.39, 0.29) is 25.7 Å². The maximum Gasteiger partial charge on any atom is 0.472 e. The molecule has 0 radical (unpaired) electrons. The average molecular weight is 1240 g/mol. The summed E-state index contributed by atoms with van der Waals surface area (Å²) in [6, 6.07) is 0. The molecule has 0 aliphatic carbocycles. The number of hydrogen-bond donors (Lipinski definition) is 3. The zero-order valence-electron chi connectivity index (χ0n) is 54.5. The number of ether oxygens (including phenoxy) is 4. The molecule has 0 aromatic heterocycles. The summed E-state index contributed by atoms with van der Waals surface area (Å²) in [6.45, 7) is 14.0. The highest BCUT2D eigenvalue weighted by Crippen LogP contribution is 2.45. The summed E-state index contributed by atoms with van der Waals surface area (Å²) in [5.41, 5.74) is 0. The van der Waals surface area contributed by atoms with Gasteiger partial charge >= 0.3 is 39.5 Å². The molecule has 0 aromatic carbocycles. The largest absolute Gasteiger partial charge is 0.472 e. The molecule has 84 heavy (non-hydrogen) atoms. The first kappa shape index (κ1) is 82.1. The fourth-order valence-corrected chi connectivity index (χ4v) is 11.2. The van der Waals surface area contributed by atoms with E-state index in [0.717, 1.165) is 109 Å². The molecule has 0 fully saturated rings. The lowest BCUT2D eigenvalue weighted by Crippen LogP contribution is -2.30. The van der Waals surface area contributed by atoms with Crippen LogP contribution in [-0.4, -0.2) is 96.7 Å². The van der Waals surface area contributed by atoms with Crippen LogP contribution in [0, 0.1) is 23.7 Å². The Morgan fingerprint density at radius 1 is 0.333 bits per heavy atom. The molecule has 17 nitrogen and oxygen atoms in total. The van der Waals surface area contributed by atoms with Crippen LogP contribution in [0.4, 0.5) is 0 Å². The number of aliphatic hydroxyl groups is 1. The van der Waals surface area contributed by atoms with Crippen LogP contribution in [-0.2, 0) is 65.4 Å². The lowest BCUT2D eigenvalue weighted by Gasteiger charge is -2.21. The van der Waals surface area contributed by atoms with Crippen LogP contribution in [0.2, 0.25) is 0 Å². The van der Waals surface area contributed by atoms with Crippen LogP contribution in [0.5, 0.6) is 0 Å². The monoisotopic (exact) mass is 1240 g/mol. The van der Waals surface area contributed by atoms with Crippen LogP contribution in [0.25, 0.3) is 0 Å². The predicted octanol–water partition coefficient (Wildman–Crippen LogP) is 17.8. The number of phosphoric acid groups is 2. The first-order chi connectivity index (χ1) is 40.1. The Balaban J connectivity index is 5.25. The van der Waals surface area contributed by atoms with Crippen LogP contribution < -0.4 is 0 Å². The zero-order valence-corrected chi connectivity index (χ0v) is 56.3. The van der Waals surface area contributed by atoms with Gasteiger partial charge in [-0.05, 0) is 49.4 Å². The standard InChI is InChI=1S/C65H126O17P2/c1-9-58(8)44-36-28-20-12-10-11-13-21-31-39-47-64(69)81-60(51-75-62(67)45-37-29-22-14-17-25-33-41-55(2)3)53-79-83(71,72)77-49-59(66)50-78-84(73,74)80-54-61(82-65(70)48-40-32-24-16-19-27-35-43-57(6)7)52-76-63(68)46-38-30-23-15-18-26-34-42-56(4)5/h55-61,66H,9-54H2,1-8H3,(H,71,72)(H,73,74)/t58?,59?,60-,61-/m1/s1. The second-order valence-electron chi connectivity index (χ2n) is 25.2. The van der Waals surface area contributed by atoms with Gasteiger partial charge in [0.1, 0.15) is 19.3 Å². The van der Waals surface area contributed by atoms with E-state index >= 15 is 0 Å². The molecule has 0 heterocycles. The first-order valence-electron chi connectivity index (χ1n) is 33.7. The lowest BCUT2D eigenvalue weighted by atomic mass is 9.99. The van der Waals surface area contributed by atoms with E-state index in [1.165, 1.54) is 103 Å². The Morgan fingerprint density at radius 2 is 0.571 bits per heavy atom. The summed E-state index contributed by atoms with van der Waals surface area (Å²) in [5, 5.41) is 10.5. The number of carbonyl (C=O) groups excluding carboxylic acids is 4. The second-order valence-corrected chi connectivity index (χ2v) is 28.1. The molecule has 19 heteroatoms. The van der Waals surface area contributed by atoms with Crippen molar-refractivity contribution in [2.24, 2.45) is 23.7 Å². The SMILES string of the molecule is CCC(C)CCCCCCCCCCCCC(=O)O[C@H](COC(=O)CCCCCCCCCC(C)C)COP(=O)(O)OCC(O)COP(=O)(O)OC[C@@H](COC(=O)CCCCCCCCCC(C)C)OC(=O)CCCCCCCCCC(C)C. The van der Waals surface area contributed by atoms with Crippen molar-refractivity contribution in [3.05, 3.63) is 0 Å². The molecule has 0 amide bonds. The zero-order chi connectivity index (χ0) is 62.5. The third-order valence-corrected chi connectivity index (χ3v) is 17.1. The van der Waals surface area contributed by atoms with Crippen molar-refractivity contribution in [3.8, 4) is 0 Å². The first-order valence-corrected chi connectivity index (χ1v) is 36.7. The maximum atomic E-state index is 13.0. The fourth-order valence-electron chi connectivity index (χ4n) is 9.57. The van der Waals surface area contributed by atoms with E-state index in [0.29, 0.717) is 43.4 Å². The van der Waals surface area contributed by atoms with E-state index in [4.69, 9.17) is 37.0 Å². The summed E-state index contributed by atoms with van der Waals surface area (Å²) < 4.78 is 68.0. The normalized spacial score (nSPS) is 14.7. The summed E-state index contributed by atoms with van der Waals surface area (Å²) >= 11 is 0. The minimum atomic E-state index is -4.95. The highest BCUT2D eigenvalue weighted by atomic mass is 31.2. The molecule has 0 saturated heterocycles. The van der Waals surface area contributed by atoms with Gasteiger partial charge in [0, 0.05) is 25.7 Å². The summed E-state index contributed by atoms with van der Waals surface area (Å²) in [6.07, 6.45) is 35.0. The van der Waals surface area contributed by atoms with Crippen molar-refractivity contribution in [1.29, 1.82) is 0 Å². The topological polar surface area (TPSA) is 237 Å². The maximum absolute atomic E-state index is 13.0. The van der Waals surface area contributed by atoms with E-state index in [1.807, 2.05) is 0 Å². The third kappa shape index (κ3) is 57.8. The van der Waals surface area contributed by atoms with Gasteiger partial charge in [0.15, 0.2) is 12.2 Å². The van der Waals surface area contributed by atoms with Crippen LogP contribution in [0.3, 0.4) is 0 Å². The minimum Gasteiger partial charge on any atom is -0.462 e. The molecule has 0 aliphatic heterocycles. The number of esters is 4. The lowest BCUT2D eigenvalue weighted by molar-refractivity contribution is -0.161. The Bertz CT molecular complexity index is 1680. The van der Waals surface area contributed by atoms with E-state index in [1.54, 1.807) is 0 Å². The number of aliphatic hydroxyl groups excluding tert-OH is 1. The van der Waals surface area contributed by atoms with Crippen molar-refractivity contribution in [2.75, 3.05) is 39.6 Å². The van der Waals surface area contributed by atoms with Gasteiger partial charge in [-0.2, -0.15) is 0 Å². The molecular weight excluding hydrogens is 1110 g/mol. The van der Waals surface area contributed by atoms with Crippen molar-refractivity contribution < 1.29 is 80.2 Å². The molecule has 4 unspecified atom stereocenters. The number of hydrogen-bond acceptors (Lipinski definition) is 15. The van der Waals surface area contributed by atoms with Crippen LogP contribution >= 0.6 is 15.6 Å². The van der Waals surface area contributed by atoms with Gasteiger partial charge in [0.05, 0.1) is 26.4 Å². The van der Waals surface area contributed by atoms with Gasteiger partial charge in [-0.3, -0.25) is 37.3 Å². The Kier molecular flexibility index (Phi) is 53.9. The average Bonchev–Trinajstić information content (AvgIpc) is 3.49. The summed E-state index contributed by atoms with van der Waals surface area (Å²) in [5.74, 6) is 0.769. The molecule has 498 valence electrons. The molecule has 0 rings (SSSR count). The van der Waals surface area contributed by atoms with Gasteiger partial charge in [-0.25, -0.2) is 9.13 Å². The molecule has 6 atom stereocenters. The molecular formula is C65H126O17P2. The van der Waals surface area contributed by atoms with Crippen molar-refractivity contribution in [2.45, 2.75) is 331 Å². The Labute approximate surface area is 511 Å². The number of phosphoric ester groups is 2. The van der Waals surface area contributed by atoms with Gasteiger partial charge in [-0.15, -0.1) is 0 Å². The molecule has 0 aromatic rings. The fraction of sp³-hybridized carbons (Fsp3) is 0.938. The third-order valence-electron chi connectivity index (χ3n) is 15.2. The van der Waals surface area contributed by atoms with Crippen molar-refractivity contribution in [3.63, 3.8) is 0 Å². The highest BCUT2D eigenvalue weighted by Gasteiger charge is 2.30. The summed E-state index contributed by atoms with van der Waals surface area (Å²) in [4.78, 5) is 72.2. The molecule has 0 aliphatic rings. The Hall–Kier alpha value is -1.94. The van der Waals surface area contributed by atoms with Crippen molar-refractivity contribution in [1.82, 2.24) is 0 Å². The van der Waals surface area contributed by atoms with Crippen LogP contribution in [0.1, 0.15) is 312 Å². The molecule has 3 N–H and O–H groups in total. The van der Waals surface area contributed by atoms with Gasteiger partial charge in [0.2, 0.25) is 0 Å². The van der Waals surface area contributed by atoms with E-state index in [9.17, 15) is 43.2 Å². The quantitative estimate of drug-likeness (QED) is 0.0222. The highest BCUT2D eigenvalue weighted by molar-refractivity contribution is 7.47. The Morgan fingerprint density at radius 3 is 0.845 bits per heavy atom. The van der Waals surface area contributed by atoms with Gasteiger partial charge in [0.25, 0.3) is 0 Å². The molecule has 0 spiro atoms. The number of unbranched alkanes of at least 4 members (excludes halogenated alkanes) is 27. The minimum absolute atomic E-state index is 0.102. The summed E-state index contributed by atoms with van der Waals surface area (Å²) in [7, 11) is -9.89. The second kappa shape index (κ2) is 55.2. The van der Waals surface area contributed by atoms with Crippen LogP contribution in [0.15, 0.2) is 0 Å². The molecule has 0 saturated carbocycles.